The van der Waals surface area contributed by atoms with Crippen molar-refractivity contribution in [3.63, 3.8) is 0 Å². The van der Waals surface area contributed by atoms with Gasteiger partial charge in [-0.1, -0.05) is 6.07 Å². The van der Waals surface area contributed by atoms with Gasteiger partial charge in [-0.2, -0.15) is 9.40 Å². The van der Waals surface area contributed by atoms with Crippen molar-refractivity contribution in [2.24, 2.45) is 7.05 Å². The molecule has 0 N–H and O–H groups in total. The first-order valence-electron chi connectivity index (χ1n) is 9.59. The Morgan fingerprint density at radius 3 is 2.43 bits per heavy atom. The molecule has 0 radical (unpaired) electrons. The van der Waals surface area contributed by atoms with Crippen molar-refractivity contribution >= 4 is 21.4 Å². The number of thiophene rings is 1. The molecular weight excluding hydrogens is 422 g/mol. The van der Waals surface area contributed by atoms with Crippen LogP contribution in [0.2, 0.25) is 0 Å². The summed E-state index contributed by atoms with van der Waals surface area (Å²) >= 11 is 1.55. The number of methoxy groups -OCH3 is 2. The first-order chi connectivity index (χ1) is 14.3. The molecule has 0 saturated heterocycles. The molecule has 160 valence electrons. The van der Waals surface area contributed by atoms with Crippen molar-refractivity contribution in [3.8, 4) is 11.5 Å². The second-order valence-electron chi connectivity index (χ2n) is 7.31. The maximum absolute atomic E-state index is 13.9. The van der Waals surface area contributed by atoms with Crippen LogP contribution < -0.4 is 9.47 Å². The zero-order valence-corrected chi connectivity index (χ0v) is 19.3. The second-order valence-corrected chi connectivity index (χ2v) is 10.1. The minimum absolute atomic E-state index is 0.287. The van der Waals surface area contributed by atoms with E-state index in [0.717, 1.165) is 16.0 Å². The summed E-state index contributed by atoms with van der Waals surface area (Å²) in [5, 5.41) is 6.30. The highest BCUT2D eigenvalue weighted by Gasteiger charge is 2.40. The topological polar surface area (TPSA) is 73.7 Å². The molecule has 2 aromatic heterocycles. The number of ether oxygens (including phenoxy) is 2. The van der Waals surface area contributed by atoms with Crippen molar-refractivity contribution in [2.75, 3.05) is 20.8 Å². The van der Waals surface area contributed by atoms with Crippen LogP contribution in [0.3, 0.4) is 0 Å². The Hall–Kier alpha value is -2.36. The number of aromatic nitrogens is 2. The van der Waals surface area contributed by atoms with Gasteiger partial charge in [-0.05, 0) is 55.0 Å². The minimum Gasteiger partial charge on any atom is -0.493 e. The zero-order valence-electron chi connectivity index (χ0n) is 17.7. The summed E-state index contributed by atoms with van der Waals surface area (Å²) in [6.07, 6.45) is 0.592. The van der Waals surface area contributed by atoms with E-state index in [1.807, 2.05) is 29.6 Å². The summed E-state index contributed by atoms with van der Waals surface area (Å²) in [7, 11) is 1.19. The largest absolute Gasteiger partial charge is 0.493 e. The van der Waals surface area contributed by atoms with Gasteiger partial charge < -0.3 is 9.47 Å². The molecule has 0 unspecified atom stereocenters. The molecule has 0 aliphatic carbocycles. The van der Waals surface area contributed by atoms with Crippen molar-refractivity contribution in [1.29, 1.82) is 0 Å². The van der Waals surface area contributed by atoms with Gasteiger partial charge in [0.25, 0.3) is 0 Å². The summed E-state index contributed by atoms with van der Waals surface area (Å²) in [6.45, 7) is 3.91. The monoisotopic (exact) mass is 447 g/mol. The quantitative estimate of drug-likeness (QED) is 0.599. The molecular formula is C21H25N3O4S2. The van der Waals surface area contributed by atoms with Crippen LogP contribution in [-0.4, -0.2) is 43.3 Å². The van der Waals surface area contributed by atoms with Crippen molar-refractivity contribution in [3.05, 3.63) is 57.0 Å². The molecule has 1 atom stereocenters. The summed E-state index contributed by atoms with van der Waals surface area (Å²) in [6, 6.07) is 7.35. The molecule has 3 heterocycles. The number of fused-ring (bicyclic) bond motifs is 1. The summed E-state index contributed by atoms with van der Waals surface area (Å²) in [5.41, 5.74) is 3.13. The highest BCUT2D eigenvalue weighted by molar-refractivity contribution is 7.89. The lowest BCUT2D eigenvalue weighted by Gasteiger charge is -2.36. The van der Waals surface area contributed by atoms with E-state index in [4.69, 9.17) is 9.47 Å². The van der Waals surface area contributed by atoms with Gasteiger partial charge in [0.2, 0.25) is 10.0 Å². The number of rotatable bonds is 5. The molecule has 1 aromatic carbocycles. The number of hydrogen-bond donors (Lipinski definition) is 0. The predicted octanol–water partition coefficient (Wildman–Crippen LogP) is 3.45. The van der Waals surface area contributed by atoms with Crippen LogP contribution in [0.15, 0.2) is 34.5 Å². The lowest BCUT2D eigenvalue weighted by molar-refractivity contribution is 0.334. The lowest BCUT2D eigenvalue weighted by Crippen LogP contribution is -2.40. The second kappa shape index (κ2) is 7.72. The summed E-state index contributed by atoms with van der Waals surface area (Å²) in [4.78, 5) is 1.25. The Labute approximate surface area is 180 Å². The normalized spacial score (nSPS) is 17.0. The van der Waals surface area contributed by atoms with Gasteiger partial charge in [0.15, 0.2) is 11.5 Å². The van der Waals surface area contributed by atoms with Crippen LogP contribution in [0.4, 0.5) is 0 Å². The number of nitrogens with zero attached hydrogens (tertiary/aromatic N) is 3. The van der Waals surface area contributed by atoms with Gasteiger partial charge in [0.05, 0.1) is 31.6 Å². The minimum atomic E-state index is -3.77. The third-order valence-corrected chi connectivity index (χ3v) is 8.69. The Morgan fingerprint density at radius 1 is 1.17 bits per heavy atom. The molecule has 0 spiro atoms. The third kappa shape index (κ3) is 3.21. The first-order valence-corrected chi connectivity index (χ1v) is 11.9. The van der Waals surface area contributed by atoms with E-state index in [9.17, 15) is 8.42 Å². The molecule has 0 bridgehead atoms. The molecule has 1 aliphatic heterocycles. The third-order valence-electron chi connectivity index (χ3n) is 5.65. The van der Waals surface area contributed by atoms with E-state index in [1.54, 1.807) is 55.4 Å². The Kier molecular flexibility index (Phi) is 5.37. The van der Waals surface area contributed by atoms with Crippen LogP contribution >= 0.6 is 11.3 Å². The van der Waals surface area contributed by atoms with Crippen LogP contribution in [0.5, 0.6) is 11.5 Å². The first kappa shape index (κ1) is 20.9. The number of aryl methyl sites for hydroxylation is 2. The van der Waals surface area contributed by atoms with Gasteiger partial charge >= 0.3 is 0 Å². The van der Waals surface area contributed by atoms with E-state index in [1.165, 1.54) is 0 Å². The van der Waals surface area contributed by atoms with Crippen LogP contribution in [0, 0.1) is 13.8 Å². The molecule has 7 nitrogen and oxygen atoms in total. The molecule has 30 heavy (non-hydrogen) atoms. The van der Waals surface area contributed by atoms with Crippen molar-refractivity contribution in [2.45, 2.75) is 31.2 Å². The Morgan fingerprint density at radius 2 is 1.87 bits per heavy atom. The number of sulfonamides is 1. The fourth-order valence-electron chi connectivity index (χ4n) is 4.17. The Bertz CT molecular complexity index is 1180. The maximum atomic E-state index is 13.9. The maximum Gasteiger partial charge on any atom is 0.247 e. The summed E-state index contributed by atoms with van der Waals surface area (Å²) in [5.74, 6) is 1.24. The van der Waals surface area contributed by atoms with E-state index in [2.05, 4.69) is 5.10 Å². The molecule has 3 aromatic rings. The fraction of sp³-hybridized carbons (Fsp3) is 0.381. The van der Waals surface area contributed by atoms with Gasteiger partial charge in [0, 0.05) is 18.5 Å². The van der Waals surface area contributed by atoms with Crippen LogP contribution in [0.25, 0.3) is 0 Å². The van der Waals surface area contributed by atoms with Crippen LogP contribution in [-0.2, 0) is 23.5 Å². The molecule has 4 rings (SSSR count). The van der Waals surface area contributed by atoms with Crippen LogP contribution in [0.1, 0.15) is 33.4 Å². The molecule has 0 amide bonds. The summed E-state index contributed by atoms with van der Waals surface area (Å²) < 4.78 is 41.9. The van der Waals surface area contributed by atoms with E-state index in [-0.39, 0.29) is 4.90 Å². The SMILES string of the molecule is COc1cc2c(cc1OC)[C@H](c1cccs1)N(S(=O)(=O)c1c(C)nn(C)c1C)CC2. The van der Waals surface area contributed by atoms with Gasteiger partial charge in [-0.3, -0.25) is 4.68 Å². The zero-order chi connectivity index (χ0) is 21.6. The molecule has 0 saturated carbocycles. The highest BCUT2D eigenvalue weighted by Crippen LogP contribution is 2.44. The molecule has 1 aliphatic rings. The fourth-order valence-corrected chi connectivity index (χ4v) is 7.08. The standard InChI is InChI=1S/C21H25N3O4S2/c1-13-21(14(2)23(3)22-13)30(25,26)24-9-8-15-11-17(27-4)18(28-5)12-16(15)20(24)19-7-6-10-29-19/h6-7,10-12,20H,8-9H2,1-5H3/t20-/m1/s1. The highest BCUT2D eigenvalue weighted by atomic mass is 32.2. The average Bonchev–Trinajstić information content (AvgIpc) is 3.34. The van der Waals surface area contributed by atoms with Crippen molar-refractivity contribution in [1.82, 2.24) is 14.1 Å². The van der Waals surface area contributed by atoms with E-state index in [0.29, 0.717) is 35.9 Å². The van der Waals surface area contributed by atoms with Gasteiger partial charge in [0.1, 0.15) is 4.90 Å². The number of benzene rings is 1. The van der Waals surface area contributed by atoms with E-state index >= 15 is 0 Å². The number of hydrogen-bond acceptors (Lipinski definition) is 6. The van der Waals surface area contributed by atoms with E-state index < -0.39 is 16.1 Å². The Balaban J connectivity index is 1.92. The predicted molar refractivity (Wildman–Crippen MR) is 116 cm³/mol. The van der Waals surface area contributed by atoms with Gasteiger partial charge in [-0.25, -0.2) is 8.42 Å². The smallest absolute Gasteiger partial charge is 0.247 e. The average molecular weight is 448 g/mol. The molecule has 9 heteroatoms. The lowest BCUT2D eigenvalue weighted by atomic mass is 9.92. The van der Waals surface area contributed by atoms with Gasteiger partial charge in [-0.15, -0.1) is 11.3 Å². The van der Waals surface area contributed by atoms with Crippen molar-refractivity contribution < 1.29 is 17.9 Å². The molecule has 0 fully saturated rings.